The monoisotopic (exact) mass is 989 g/mol. The van der Waals surface area contributed by atoms with Crippen molar-refractivity contribution >= 4 is 65.2 Å². The van der Waals surface area contributed by atoms with Crippen LogP contribution in [0.4, 0.5) is 5.69 Å². The van der Waals surface area contributed by atoms with Gasteiger partial charge in [-0.05, 0) is 82.7 Å². The largest absolute Gasteiger partial charge is 0.379 e. The van der Waals surface area contributed by atoms with Crippen molar-refractivity contribution in [3.05, 3.63) is 42.5 Å². The van der Waals surface area contributed by atoms with Crippen LogP contribution in [0.1, 0.15) is 83.1 Å². The van der Waals surface area contributed by atoms with E-state index in [0.717, 1.165) is 36.7 Å². The van der Waals surface area contributed by atoms with Crippen molar-refractivity contribution in [2.75, 3.05) is 83.9 Å². The van der Waals surface area contributed by atoms with Gasteiger partial charge in [0.15, 0.2) is 0 Å². The van der Waals surface area contributed by atoms with Gasteiger partial charge in [-0.15, -0.1) is 0 Å². The highest BCUT2D eigenvalue weighted by Crippen LogP contribution is 2.30. The number of anilines is 1. The Morgan fingerprint density at radius 1 is 0.855 bits per heavy atom. The summed E-state index contributed by atoms with van der Waals surface area (Å²) in [7, 11) is 1.61. The first-order valence-electron chi connectivity index (χ1n) is 24.0. The van der Waals surface area contributed by atoms with Crippen LogP contribution >= 0.6 is 11.8 Å². The van der Waals surface area contributed by atoms with Crippen LogP contribution in [0.5, 0.6) is 0 Å². The van der Waals surface area contributed by atoms with Crippen molar-refractivity contribution in [2.45, 2.75) is 120 Å². The Labute approximate surface area is 410 Å². The molecule has 0 saturated carbocycles. The van der Waals surface area contributed by atoms with Gasteiger partial charge >= 0.3 is 0 Å². The maximum Gasteiger partial charge on any atom is 0.247 e. The molecule has 0 spiro atoms. The molecule has 0 aliphatic carbocycles. The quantitative estimate of drug-likeness (QED) is 0.0243. The molecule has 69 heavy (non-hydrogen) atoms. The van der Waals surface area contributed by atoms with Gasteiger partial charge in [0.05, 0.1) is 38.5 Å². The third-order valence-electron chi connectivity index (χ3n) is 11.5. The average Bonchev–Trinajstić information content (AvgIpc) is 3.98. The molecule has 22 heteroatoms. The molecule has 0 unspecified atom stereocenters. The summed E-state index contributed by atoms with van der Waals surface area (Å²) in [5.41, 5.74) is 7.34. The maximum absolute atomic E-state index is 13.8. The summed E-state index contributed by atoms with van der Waals surface area (Å²) in [5.74, 6) is -1.43. The molecule has 0 radical (unpaired) electrons. The highest BCUT2D eigenvalue weighted by molar-refractivity contribution is 8.00. The van der Waals surface area contributed by atoms with Gasteiger partial charge in [-0.1, -0.05) is 25.1 Å². The number of nitrogens with one attached hydrogen (secondary N) is 8. The second kappa shape index (κ2) is 34.2. The molecular weight excluding hydrogens is 913 g/mol. The van der Waals surface area contributed by atoms with E-state index in [-0.39, 0.29) is 68.1 Å². The molecule has 0 aromatic heterocycles. The molecule has 21 nitrogen and oxygen atoms in total. The number of nitrogens with two attached hydrogens (primary N) is 1. The first-order valence-corrected chi connectivity index (χ1v) is 25.1. The van der Waals surface area contributed by atoms with Crippen LogP contribution in [-0.4, -0.2) is 167 Å². The predicted molar refractivity (Wildman–Crippen MR) is 263 cm³/mol. The van der Waals surface area contributed by atoms with E-state index in [1.54, 1.807) is 50.0 Å². The fourth-order valence-electron chi connectivity index (χ4n) is 7.55. The van der Waals surface area contributed by atoms with Gasteiger partial charge in [0.2, 0.25) is 47.8 Å². The van der Waals surface area contributed by atoms with E-state index >= 15 is 0 Å². The lowest BCUT2D eigenvalue weighted by Gasteiger charge is -2.29. The summed E-state index contributed by atoms with van der Waals surface area (Å²) >= 11 is 1.78. The smallest absolute Gasteiger partial charge is 0.247 e. The Bertz CT molecular complexity index is 1800. The second-order valence-corrected chi connectivity index (χ2v) is 18.1. The lowest BCUT2D eigenvalue weighted by atomic mass is 10.0. The number of likely N-dealkylation sites (N-methyl/N-ethyl adjacent to an activating group) is 1. The first kappa shape index (κ1) is 58.2. The normalized spacial score (nSPS) is 18.3. The number of unbranched alkanes of at least 4 members (excludes halogenated alkanes) is 1. The highest BCUT2D eigenvalue weighted by atomic mass is 32.2. The molecule has 2 heterocycles. The number of carbonyl (C=O) groups excluding carboxylic acids is 8. The van der Waals surface area contributed by atoms with Gasteiger partial charge in [0, 0.05) is 87.9 Å². The predicted octanol–water partition coefficient (Wildman–Crippen LogP) is -0.0224. The summed E-state index contributed by atoms with van der Waals surface area (Å²) in [6.07, 6.45) is 7.66. The maximum atomic E-state index is 13.8. The molecule has 2 aliphatic rings. The van der Waals surface area contributed by atoms with Crippen molar-refractivity contribution in [2.24, 2.45) is 5.73 Å². The average molecular weight is 989 g/mol. The van der Waals surface area contributed by atoms with Gasteiger partial charge < -0.3 is 67.4 Å². The molecule has 0 bridgehead atoms. The number of ether oxygens (including phenoxy) is 3. The van der Waals surface area contributed by atoms with Crippen LogP contribution in [-0.2, 0) is 59.1 Å². The minimum absolute atomic E-state index is 0.00409. The Hall–Kier alpha value is -5.13. The van der Waals surface area contributed by atoms with Crippen LogP contribution in [0.25, 0.3) is 0 Å². The number of rotatable bonds is 36. The Balaban J connectivity index is 1.20. The molecule has 6 atom stereocenters. The van der Waals surface area contributed by atoms with Gasteiger partial charge in [-0.25, -0.2) is 0 Å². The van der Waals surface area contributed by atoms with Crippen LogP contribution in [0.2, 0.25) is 0 Å². The standard InChI is InChI=1S/C47H76N10O11S/c1-4-40(59)55-35-13-7-12-34(28-35)29-53-46(64)38-14-9-21-57(38)47(65)37(56-45(63)33(2)49-3)30-52-43(62)18-8-17-42(61)51-20-11-23-67-25-27-68-26-24-66-22-10-19-50-41(60)16-6-5-15-39-44(54-32-58)36(48)31-69-39/h4,7,12-13,28,32-33,36-39,44,49H,1,5-6,8-11,14-27,29-31,48H2,2-3H3,(H,50,60)(H,51,61)(H,52,62)(H,53,64)(H,54,58)(H,55,59)(H,56,63)/t33-,36-,37-,38-,39-,44-/m0/s1. The fourth-order valence-corrected chi connectivity index (χ4v) is 9.05. The van der Waals surface area contributed by atoms with Crippen molar-refractivity contribution in [3.63, 3.8) is 0 Å². The van der Waals surface area contributed by atoms with Crippen molar-refractivity contribution < 1.29 is 52.6 Å². The molecule has 1 aromatic carbocycles. The molecule has 2 saturated heterocycles. The van der Waals surface area contributed by atoms with Gasteiger partial charge in [0.25, 0.3) is 0 Å². The molecule has 1 aromatic rings. The van der Waals surface area contributed by atoms with Crippen molar-refractivity contribution in [1.29, 1.82) is 0 Å². The number of likely N-dealkylation sites (tertiary alicyclic amines) is 1. The number of hydrogen-bond acceptors (Lipinski definition) is 14. The van der Waals surface area contributed by atoms with Crippen molar-refractivity contribution in [3.8, 4) is 0 Å². The third-order valence-corrected chi connectivity index (χ3v) is 13.1. The van der Waals surface area contributed by atoms with E-state index in [1.807, 2.05) is 0 Å². The van der Waals surface area contributed by atoms with E-state index in [1.165, 1.54) is 4.90 Å². The van der Waals surface area contributed by atoms with Crippen LogP contribution < -0.4 is 48.3 Å². The lowest BCUT2D eigenvalue weighted by Crippen LogP contribution is -2.58. The number of carbonyl (C=O) groups is 8. The third kappa shape index (κ3) is 23.4. The fraction of sp³-hybridized carbons (Fsp3) is 0.660. The number of amides is 8. The Morgan fingerprint density at radius 3 is 2.13 bits per heavy atom. The first-order chi connectivity index (χ1) is 33.4. The molecule has 8 amide bonds. The number of thioether (sulfide) groups is 1. The lowest BCUT2D eigenvalue weighted by molar-refractivity contribution is -0.141. The highest BCUT2D eigenvalue weighted by Gasteiger charge is 2.38. The van der Waals surface area contributed by atoms with Gasteiger partial charge in [-0.3, -0.25) is 38.4 Å². The molecule has 3 rings (SSSR count). The second-order valence-electron chi connectivity index (χ2n) is 16.9. The minimum Gasteiger partial charge on any atom is -0.379 e. The van der Waals surface area contributed by atoms with Crippen molar-refractivity contribution in [1.82, 2.24) is 42.1 Å². The molecule has 2 fully saturated rings. The summed E-state index contributed by atoms with van der Waals surface area (Å²) in [6, 6.07) is 4.40. The Morgan fingerprint density at radius 2 is 1.49 bits per heavy atom. The van der Waals surface area contributed by atoms with Gasteiger partial charge in [0.1, 0.15) is 12.1 Å². The van der Waals surface area contributed by atoms with Gasteiger partial charge in [-0.2, -0.15) is 11.8 Å². The zero-order valence-corrected chi connectivity index (χ0v) is 41.1. The molecule has 2 aliphatic heterocycles. The summed E-state index contributed by atoms with van der Waals surface area (Å²) < 4.78 is 16.7. The molecule has 386 valence electrons. The van der Waals surface area contributed by atoms with E-state index in [0.29, 0.717) is 109 Å². The number of hydrogen-bond donors (Lipinski definition) is 9. The van der Waals surface area contributed by atoms with Crippen LogP contribution in [0.3, 0.4) is 0 Å². The summed E-state index contributed by atoms with van der Waals surface area (Å²) in [5, 5.41) is 22.6. The summed E-state index contributed by atoms with van der Waals surface area (Å²) in [4.78, 5) is 101. The minimum atomic E-state index is -1.14. The van der Waals surface area contributed by atoms with E-state index in [4.69, 9.17) is 19.9 Å². The SMILES string of the molecule is C=CC(=O)Nc1cccc(CNC(=O)[C@@H]2CCCN2C(=O)[C@H](CNC(=O)CCCC(=O)NCCCOCCOCCOCCCNC(=O)CCCC[C@@H]2SC[C@H](N)[C@@H]2NC=O)NC(=O)[C@H](C)NC)c1. The molecular formula is C47H76N10O11S. The molecule has 10 N–H and O–H groups in total. The van der Waals surface area contributed by atoms with E-state index in [9.17, 15) is 38.4 Å². The Kier molecular flexibility index (Phi) is 28.9. The number of benzene rings is 1. The van der Waals surface area contributed by atoms with Crippen LogP contribution in [0, 0.1) is 0 Å². The topological polar surface area (TPSA) is 290 Å². The van der Waals surface area contributed by atoms with Crippen LogP contribution in [0.15, 0.2) is 36.9 Å². The van der Waals surface area contributed by atoms with E-state index in [2.05, 4.69) is 49.1 Å². The summed E-state index contributed by atoms with van der Waals surface area (Å²) in [6.45, 7) is 8.87. The zero-order chi connectivity index (χ0) is 50.2. The number of nitrogens with zero attached hydrogens (tertiary/aromatic N) is 1. The van der Waals surface area contributed by atoms with E-state index < -0.39 is 35.8 Å². The zero-order valence-electron chi connectivity index (χ0n) is 40.3.